The number of aromatic amines is 1. The Labute approximate surface area is 119 Å². The van der Waals surface area contributed by atoms with E-state index in [0.29, 0.717) is 29.0 Å². The number of carbonyl (C=O) groups excluding carboxylic acids is 2. The van der Waals surface area contributed by atoms with Crippen molar-refractivity contribution in [2.45, 2.75) is 37.0 Å². The topological polar surface area (TPSA) is 88.6 Å². The lowest BCUT2D eigenvalue weighted by Crippen LogP contribution is -2.39. The lowest BCUT2D eigenvalue weighted by molar-refractivity contribution is -0.132. The highest BCUT2D eigenvalue weighted by atomic mass is 32.2. The molecule has 0 unspecified atom stereocenters. The summed E-state index contributed by atoms with van der Waals surface area (Å²) in [5, 5.41) is -0.0664. The molecule has 104 valence electrons. The van der Waals surface area contributed by atoms with Gasteiger partial charge in [0, 0.05) is 12.8 Å². The van der Waals surface area contributed by atoms with Crippen molar-refractivity contribution in [1.82, 2.24) is 19.9 Å². The van der Waals surface area contributed by atoms with E-state index < -0.39 is 5.25 Å². The second-order valence-electron chi connectivity index (χ2n) is 5.73. The zero-order valence-electron chi connectivity index (χ0n) is 11.2. The van der Waals surface area contributed by atoms with Crippen LogP contribution in [0.25, 0.3) is 11.2 Å². The first-order valence-electron chi connectivity index (χ1n) is 6.32. The van der Waals surface area contributed by atoms with Gasteiger partial charge in [-0.1, -0.05) is 25.6 Å². The van der Waals surface area contributed by atoms with E-state index >= 15 is 0 Å². The molecule has 1 N–H and O–H groups in total. The zero-order chi connectivity index (χ0) is 14.3. The first-order valence-corrected chi connectivity index (χ1v) is 7.20. The van der Waals surface area contributed by atoms with E-state index in [1.54, 1.807) is 0 Å². The van der Waals surface area contributed by atoms with Gasteiger partial charge in [0.05, 0.1) is 6.33 Å². The third-order valence-electron chi connectivity index (χ3n) is 3.31. The van der Waals surface area contributed by atoms with E-state index in [1.165, 1.54) is 24.4 Å². The monoisotopic (exact) mass is 290 g/mol. The molecule has 2 aromatic rings. The number of thioether (sulfide) groups is 1. The van der Waals surface area contributed by atoms with E-state index in [9.17, 15) is 9.59 Å². The molecule has 0 radical (unpaired) electrons. The maximum Gasteiger partial charge on any atom is 0.181 e. The number of H-pyrrole nitrogens is 1. The second-order valence-corrected chi connectivity index (χ2v) is 6.82. The summed E-state index contributed by atoms with van der Waals surface area (Å²) in [6.45, 7) is 3.89. The van der Waals surface area contributed by atoms with Crippen molar-refractivity contribution in [1.29, 1.82) is 0 Å². The summed E-state index contributed by atoms with van der Waals surface area (Å²) in [4.78, 5) is 39.5. The molecule has 0 amide bonds. The molecule has 20 heavy (non-hydrogen) atoms. The third-order valence-corrected chi connectivity index (χ3v) is 4.60. The van der Waals surface area contributed by atoms with Gasteiger partial charge in [0.1, 0.15) is 22.1 Å². The van der Waals surface area contributed by atoms with Crippen molar-refractivity contribution in [2.24, 2.45) is 5.41 Å². The fourth-order valence-electron chi connectivity index (χ4n) is 2.45. The molecule has 0 spiro atoms. The summed E-state index contributed by atoms with van der Waals surface area (Å²) in [7, 11) is 0. The Balaban J connectivity index is 1.89. The van der Waals surface area contributed by atoms with Crippen LogP contribution in [0.5, 0.6) is 0 Å². The quantitative estimate of drug-likeness (QED) is 0.670. The van der Waals surface area contributed by atoms with Crippen molar-refractivity contribution in [2.75, 3.05) is 0 Å². The highest BCUT2D eigenvalue weighted by Gasteiger charge is 2.40. The van der Waals surface area contributed by atoms with E-state index in [4.69, 9.17) is 0 Å². The number of hydrogen-bond donors (Lipinski definition) is 1. The number of nitrogens with zero attached hydrogens (tertiary/aromatic N) is 3. The Morgan fingerprint density at radius 3 is 2.60 bits per heavy atom. The van der Waals surface area contributed by atoms with Crippen LogP contribution in [0.4, 0.5) is 0 Å². The number of nitrogens with one attached hydrogen (secondary N) is 1. The van der Waals surface area contributed by atoms with Gasteiger partial charge in [0.2, 0.25) is 0 Å². The molecule has 7 heteroatoms. The second kappa shape index (κ2) is 4.66. The number of fused-ring (bicyclic) bond motifs is 1. The summed E-state index contributed by atoms with van der Waals surface area (Å²) in [5.74, 6) is -0.0509. The molecule has 1 saturated carbocycles. The Morgan fingerprint density at radius 2 is 1.90 bits per heavy atom. The molecular weight excluding hydrogens is 276 g/mol. The Bertz CT molecular complexity index is 674. The van der Waals surface area contributed by atoms with Crippen LogP contribution < -0.4 is 0 Å². The van der Waals surface area contributed by atoms with Gasteiger partial charge in [-0.3, -0.25) is 9.59 Å². The number of carbonyl (C=O) groups is 2. The lowest BCUT2D eigenvalue weighted by Gasteiger charge is -2.31. The molecule has 0 saturated heterocycles. The van der Waals surface area contributed by atoms with Crippen LogP contribution in [-0.4, -0.2) is 36.8 Å². The lowest BCUT2D eigenvalue weighted by atomic mass is 9.76. The number of hydrogen-bond acceptors (Lipinski definition) is 6. The number of Topliss-reactive ketones (excluding diaryl/α,β-unsaturated/α-hetero) is 2. The van der Waals surface area contributed by atoms with E-state index in [0.717, 1.165) is 0 Å². The molecule has 6 nitrogen and oxygen atoms in total. The highest BCUT2D eigenvalue weighted by Crippen LogP contribution is 2.38. The minimum Gasteiger partial charge on any atom is -0.341 e. The van der Waals surface area contributed by atoms with Gasteiger partial charge in [-0.15, -0.1) is 0 Å². The molecule has 1 aliphatic carbocycles. The first kappa shape index (κ1) is 13.2. The van der Waals surface area contributed by atoms with Gasteiger partial charge in [-0.05, 0) is 5.41 Å². The minimum atomic E-state index is -0.663. The Kier molecular flexibility index (Phi) is 3.08. The smallest absolute Gasteiger partial charge is 0.181 e. The fourth-order valence-corrected chi connectivity index (χ4v) is 3.47. The molecule has 2 aromatic heterocycles. The minimum absolute atomic E-state index is 0.0254. The van der Waals surface area contributed by atoms with E-state index in [-0.39, 0.29) is 17.0 Å². The zero-order valence-corrected chi connectivity index (χ0v) is 12.0. The van der Waals surface area contributed by atoms with Crippen LogP contribution in [0.15, 0.2) is 17.7 Å². The van der Waals surface area contributed by atoms with Gasteiger partial charge in [0.15, 0.2) is 17.2 Å². The summed E-state index contributed by atoms with van der Waals surface area (Å²) < 4.78 is 0. The van der Waals surface area contributed by atoms with Crippen molar-refractivity contribution < 1.29 is 9.59 Å². The summed E-state index contributed by atoms with van der Waals surface area (Å²) >= 11 is 1.19. The molecule has 0 atom stereocenters. The largest absolute Gasteiger partial charge is 0.341 e. The SMILES string of the molecule is CC1(C)CC(=O)C(Sc2ncnc3nc[nH]c23)C(=O)C1. The van der Waals surface area contributed by atoms with Crippen LogP contribution >= 0.6 is 11.8 Å². The average molecular weight is 290 g/mol. The first-order chi connectivity index (χ1) is 9.46. The highest BCUT2D eigenvalue weighted by molar-refractivity contribution is 8.01. The summed E-state index contributed by atoms with van der Waals surface area (Å²) in [6.07, 6.45) is 3.77. The van der Waals surface area contributed by atoms with Crippen LogP contribution in [0.2, 0.25) is 0 Å². The fraction of sp³-hybridized carbons (Fsp3) is 0.462. The summed E-state index contributed by atoms with van der Waals surface area (Å²) in [5.41, 5.74) is 0.974. The van der Waals surface area contributed by atoms with E-state index in [2.05, 4.69) is 19.9 Å². The van der Waals surface area contributed by atoms with Gasteiger partial charge in [0.25, 0.3) is 0 Å². The maximum absolute atomic E-state index is 12.2. The number of imidazole rings is 1. The van der Waals surface area contributed by atoms with Crippen LogP contribution in [0.1, 0.15) is 26.7 Å². The molecule has 1 aliphatic rings. The number of aromatic nitrogens is 4. The molecule has 0 aromatic carbocycles. The molecule has 2 heterocycles. The van der Waals surface area contributed by atoms with Gasteiger partial charge in [-0.2, -0.15) is 0 Å². The number of rotatable bonds is 2. The molecule has 0 bridgehead atoms. The van der Waals surface area contributed by atoms with Crippen LogP contribution in [0, 0.1) is 5.41 Å². The maximum atomic E-state index is 12.2. The molecule has 3 rings (SSSR count). The van der Waals surface area contributed by atoms with Crippen molar-refractivity contribution in [3.05, 3.63) is 12.7 Å². The third kappa shape index (κ3) is 2.33. The predicted octanol–water partition coefficient (Wildman–Crippen LogP) is 1.77. The van der Waals surface area contributed by atoms with Crippen LogP contribution in [0.3, 0.4) is 0 Å². The van der Waals surface area contributed by atoms with Crippen molar-refractivity contribution in [3.63, 3.8) is 0 Å². The number of ketones is 2. The molecule has 1 fully saturated rings. The Morgan fingerprint density at radius 1 is 1.20 bits per heavy atom. The van der Waals surface area contributed by atoms with Gasteiger partial charge >= 0.3 is 0 Å². The van der Waals surface area contributed by atoms with E-state index in [1.807, 2.05) is 13.8 Å². The van der Waals surface area contributed by atoms with Crippen LogP contribution in [-0.2, 0) is 9.59 Å². The normalized spacial score (nSPS) is 19.7. The van der Waals surface area contributed by atoms with Gasteiger partial charge in [-0.25, -0.2) is 15.0 Å². The van der Waals surface area contributed by atoms with Gasteiger partial charge < -0.3 is 4.98 Å². The molecular formula is C13H14N4O2S. The molecule has 0 aliphatic heterocycles. The Hall–Kier alpha value is -1.76. The predicted molar refractivity (Wildman–Crippen MR) is 74.4 cm³/mol. The van der Waals surface area contributed by atoms with Crippen molar-refractivity contribution >= 4 is 34.5 Å². The van der Waals surface area contributed by atoms with Crippen molar-refractivity contribution in [3.8, 4) is 0 Å². The standard InChI is InChI=1S/C13H14N4O2S/c1-13(2)3-7(18)10(8(19)4-13)20-12-9-11(15-5-14-9)16-6-17-12/h5-6,10H,3-4H2,1-2H3,(H,14,15,16,17). The summed E-state index contributed by atoms with van der Waals surface area (Å²) in [6, 6.07) is 0. The average Bonchev–Trinajstić information content (AvgIpc) is 2.81.